The molecule has 9 rings (SSSR count). The number of ether oxygens (including phenoxy) is 10. The quantitative estimate of drug-likeness (QED) is 0.0950. The number of nitro groups is 1. The Labute approximate surface area is 414 Å². The average molecular weight is 1020 g/mol. The zero-order valence-corrected chi connectivity index (χ0v) is 41.6. The van der Waals surface area contributed by atoms with Crippen LogP contribution >= 0.6 is 0 Å². The molecule has 0 amide bonds. The maximum absolute atomic E-state index is 14.9. The number of ketones is 2. The third-order valence-corrected chi connectivity index (χ3v) is 16.0. The Hall–Kier alpha value is -4.47. The van der Waals surface area contributed by atoms with E-state index >= 15 is 0 Å². The molecule has 0 aromatic heterocycles. The molecule has 23 heteroatoms. The Kier molecular flexibility index (Phi) is 13.6. The van der Waals surface area contributed by atoms with Crippen LogP contribution in [0.25, 0.3) is 0 Å². The lowest BCUT2D eigenvalue weighted by Gasteiger charge is -2.56. The van der Waals surface area contributed by atoms with Gasteiger partial charge in [-0.1, -0.05) is 0 Å². The first-order chi connectivity index (χ1) is 33.8. The summed E-state index contributed by atoms with van der Waals surface area (Å²) in [5.74, 6) is -5.39. The minimum absolute atomic E-state index is 0.0216. The van der Waals surface area contributed by atoms with E-state index in [1.807, 2.05) is 0 Å². The van der Waals surface area contributed by atoms with Gasteiger partial charge >= 0.3 is 5.97 Å². The molecule has 19 atom stereocenters. The highest BCUT2D eigenvalue weighted by molar-refractivity contribution is 6.31. The highest BCUT2D eigenvalue weighted by atomic mass is 16.8. The summed E-state index contributed by atoms with van der Waals surface area (Å²) >= 11 is 0. The van der Waals surface area contributed by atoms with E-state index in [2.05, 4.69) is 0 Å². The molecular weight excluding hydrogens is 953 g/mol. The fourth-order valence-corrected chi connectivity index (χ4v) is 12.1. The monoisotopic (exact) mass is 1020 g/mol. The van der Waals surface area contributed by atoms with Gasteiger partial charge in [0.1, 0.15) is 53.2 Å². The molecule has 7 aliphatic rings. The number of aromatic hydroxyl groups is 2. The molecule has 0 spiro atoms. The van der Waals surface area contributed by atoms with Crippen molar-refractivity contribution >= 4 is 17.5 Å². The first-order valence-corrected chi connectivity index (χ1v) is 24.1. The maximum atomic E-state index is 14.9. The third-order valence-electron chi connectivity index (χ3n) is 16.0. The smallest absolute Gasteiger partial charge is 0.316 e. The lowest BCUT2D eigenvalue weighted by atomic mass is 9.69. The normalized spacial score (nSPS) is 41.4. The molecule has 2 bridgehead atoms. The minimum Gasteiger partial charge on any atom is -0.507 e. The van der Waals surface area contributed by atoms with Gasteiger partial charge in [-0.3, -0.25) is 24.5 Å². The number of carbonyl (C=O) groups is 3. The number of aliphatic hydroxyl groups is 4. The molecule has 0 radical (unpaired) electrons. The lowest BCUT2D eigenvalue weighted by molar-refractivity contribution is -0.599. The predicted octanol–water partition coefficient (Wildman–Crippen LogP) is 1.41. The van der Waals surface area contributed by atoms with Crippen molar-refractivity contribution in [2.75, 3.05) is 28.3 Å². The van der Waals surface area contributed by atoms with Crippen molar-refractivity contribution in [3.8, 4) is 17.2 Å². The summed E-state index contributed by atoms with van der Waals surface area (Å²) in [7, 11) is 5.94. The number of carbonyl (C=O) groups excluding carboxylic acids is 3. The van der Waals surface area contributed by atoms with Gasteiger partial charge in [0.2, 0.25) is 12.1 Å². The topological polar surface area (TPSA) is 311 Å². The van der Waals surface area contributed by atoms with Crippen LogP contribution in [0.3, 0.4) is 0 Å². The Balaban J connectivity index is 0.977. The van der Waals surface area contributed by atoms with Crippen LogP contribution in [0, 0.1) is 10.1 Å². The van der Waals surface area contributed by atoms with Gasteiger partial charge in [0, 0.05) is 42.9 Å². The van der Waals surface area contributed by atoms with Gasteiger partial charge in [-0.25, -0.2) is 0 Å². The molecule has 2 aromatic carbocycles. The highest BCUT2D eigenvalue weighted by Gasteiger charge is 2.62. The van der Waals surface area contributed by atoms with E-state index in [-0.39, 0.29) is 60.1 Å². The number of rotatable bonds is 10. The number of aliphatic hydroxyl groups excluding tert-OH is 3. The number of hydrogen-bond acceptors (Lipinski definition) is 22. The van der Waals surface area contributed by atoms with Crippen molar-refractivity contribution < 1.29 is 97.3 Å². The standard InChI is InChI=1S/C49H64N2O21/c1-18-36(54)27(63-9)16-29(65-18)69-43-20(3)67-30(17-47(43,4)51(61)62)68-41-19(2)66-28(15-26(41)53)70-44-35(50(7)8)40(58)46-71-42-24(49(44,6)72-46)14-25(52)32-33(42)38(56)23-13-22-21(37(55)31(23)39(32)57)11-12-48(5,60)34(22)45(59)64-10/h13-14,18-20,26-30,34-36,40-41,43-44,46,52-55,58,60H,11-12,15-17H2,1-10H3/t18-,19-,20-,26-,27-,28-,29-,30+,34-,35-,36+,40-,41+,43-,44-,46+,47+,48-,49+/m0/s1. The number of esters is 1. The lowest BCUT2D eigenvalue weighted by Crippen LogP contribution is -2.70. The Morgan fingerprint density at radius 2 is 1.50 bits per heavy atom. The van der Waals surface area contributed by atoms with E-state index in [4.69, 9.17) is 47.4 Å². The SMILES string of the molecule is COC(=O)[C@@H]1c2cc3c(c(O)c2CC[C@]1(C)O)C(=O)c1c(O)cc2c(c1C3=O)O[C@@H]1O[C@@]2(C)[C@@H](O[C@H]2C[C@H](O)[C@H](O[C@@H]3C[C@@](C)([N+](=O)[O-])[C@@H](O[C@H]4C[C@H](OC)[C@H](O)[C@H](C)O4)[C@H](C)O3)[C@H](C)O2)[C@@H](N(C)C)[C@@H]1O. The summed E-state index contributed by atoms with van der Waals surface area (Å²) in [4.78, 5) is 56.4. The fraction of sp³-hybridized carbons (Fsp3) is 0.694. The van der Waals surface area contributed by atoms with Crippen LogP contribution in [-0.2, 0) is 59.4 Å². The molecule has 4 saturated heterocycles. The molecule has 396 valence electrons. The van der Waals surface area contributed by atoms with Crippen molar-refractivity contribution in [3.63, 3.8) is 0 Å². The average Bonchev–Trinajstić information content (AvgIpc) is 3.30. The second-order valence-electron chi connectivity index (χ2n) is 21.0. The summed E-state index contributed by atoms with van der Waals surface area (Å²) in [5.41, 5.74) is -6.37. The van der Waals surface area contributed by atoms with E-state index in [1.165, 1.54) is 33.1 Å². The molecular formula is C49H64N2O21. The highest BCUT2D eigenvalue weighted by Crippen LogP contribution is 2.55. The second-order valence-corrected chi connectivity index (χ2v) is 21.0. The van der Waals surface area contributed by atoms with Gasteiger partial charge < -0.3 is 82.9 Å². The van der Waals surface area contributed by atoms with Gasteiger partial charge in [-0.15, -0.1) is 0 Å². The van der Waals surface area contributed by atoms with Gasteiger partial charge in [0.25, 0.3) is 5.54 Å². The van der Waals surface area contributed by atoms with Gasteiger partial charge in [-0.2, -0.15) is 0 Å². The molecule has 2 aromatic rings. The molecule has 5 heterocycles. The molecule has 0 saturated carbocycles. The van der Waals surface area contributed by atoms with Gasteiger partial charge in [0.15, 0.2) is 30.8 Å². The maximum Gasteiger partial charge on any atom is 0.316 e. The first-order valence-electron chi connectivity index (χ1n) is 24.1. The van der Waals surface area contributed by atoms with Crippen molar-refractivity contribution in [1.29, 1.82) is 0 Å². The Bertz CT molecular complexity index is 2510. The van der Waals surface area contributed by atoms with Crippen LogP contribution in [0.1, 0.15) is 122 Å². The van der Waals surface area contributed by atoms with Crippen molar-refractivity contribution in [1.82, 2.24) is 4.90 Å². The third kappa shape index (κ3) is 8.28. The number of fused-ring (bicyclic) bond motifs is 8. The number of likely N-dealkylation sites (N-methyl/N-ethyl adjacent to an activating group) is 1. The number of nitrogens with zero attached hydrogens (tertiary/aromatic N) is 2. The van der Waals surface area contributed by atoms with Crippen LogP contribution in [0.15, 0.2) is 12.1 Å². The number of methoxy groups -OCH3 is 2. The predicted molar refractivity (Wildman–Crippen MR) is 243 cm³/mol. The summed E-state index contributed by atoms with van der Waals surface area (Å²) in [5, 5.41) is 81.6. The molecule has 23 nitrogen and oxygen atoms in total. The second kappa shape index (κ2) is 18.7. The Morgan fingerprint density at radius 1 is 0.847 bits per heavy atom. The summed E-state index contributed by atoms with van der Waals surface area (Å²) in [6.07, 6.45) is -15.4. The summed E-state index contributed by atoms with van der Waals surface area (Å²) in [6, 6.07) is 1.54. The molecule has 2 aliphatic carbocycles. The van der Waals surface area contributed by atoms with Crippen molar-refractivity contribution in [2.45, 2.75) is 189 Å². The van der Waals surface area contributed by atoms with Crippen LogP contribution in [0.2, 0.25) is 0 Å². The fourth-order valence-electron chi connectivity index (χ4n) is 12.1. The Morgan fingerprint density at radius 3 is 2.14 bits per heavy atom. The van der Waals surface area contributed by atoms with E-state index < -0.39 is 166 Å². The van der Waals surface area contributed by atoms with Crippen LogP contribution in [0.5, 0.6) is 17.2 Å². The van der Waals surface area contributed by atoms with E-state index in [0.717, 1.165) is 7.11 Å². The molecule has 5 aliphatic heterocycles. The van der Waals surface area contributed by atoms with E-state index in [9.17, 15) is 55.1 Å². The van der Waals surface area contributed by atoms with Crippen LogP contribution < -0.4 is 4.74 Å². The van der Waals surface area contributed by atoms with E-state index in [1.54, 1.807) is 46.7 Å². The first kappa shape index (κ1) is 52.4. The molecule has 0 unspecified atom stereocenters. The number of phenols is 2. The van der Waals surface area contributed by atoms with E-state index in [0.29, 0.717) is 0 Å². The minimum atomic E-state index is -1.76. The molecule has 6 N–H and O–H groups in total. The van der Waals surface area contributed by atoms with Gasteiger partial charge in [-0.05, 0) is 84.8 Å². The largest absolute Gasteiger partial charge is 0.507 e. The summed E-state index contributed by atoms with van der Waals surface area (Å²) < 4.78 is 60.6. The zero-order chi connectivity index (χ0) is 52.4. The number of benzene rings is 2. The number of phenolic OH excluding ortho intramolecular Hbond substituents is 2. The molecule has 4 fully saturated rings. The zero-order valence-electron chi connectivity index (χ0n) is 41.6. The van der Waals surface area contributed by atoms with Gasteiger partial charge in [0.05, 0.1) is 72.4 Å². The van der Waals surface area contributed by atoms with Crippen molar-refractivity contribution in [2.24, 2.45) is 0 Å². The number of hydrogen-bond donors (Lipinski definition) is 6. The van der Waals surface area contributed by atoms with Crippen LogP contribution in [-0.4, -0.2) is 190 Å². The summed E-state index contributed by atoms with van der Waals surface area (Å²) in [6.45, 7) is 9.30. The van der Waals surface area contributed by atoms with Crippen LogP contribution in [0.4, 0.5) is 0 Å². The van der Waals surface area contributed by atoms with Crippen molar-refractivity contribution in [3.05, 3.63) is 61.2 Å². The molecule has 72 heavy (non-hydrogen) atoms.